The number of nitrogens with zero attached hydrogens (tertiary/aromatic N) is 2. The third-order valence-corrected chi connectivity index (χ3v) is 4.68. The maximum atomic E-state index is 13.1. The van der Waals surface area contributed by atoms with Crippen molar-refractivity contribution in [1.29, 1.82) is 0 Å². The highest BCUT2D eigenvalue weighted by atomic mass is 16.5. The number of guanidine groups is 1. The van der Waals surface area contributed by atoms with Crippen LogP contribution in [0.5, 0.6) is 17.2 Å². The van der Waals surface area contributed by atoms with Crippen molar-refractivity contribution in [2.75, 3.05) is 26.6 Å². The van der Waals surface area contributed by atoms with Crippen molar-refractivity contribution >= 4 is 17.6 Å². The predicted octanol–water partition coefficient (Wildman–Crippen LogP) is 3.81. The van der Waals surface area contributed by atoms with Gasteiger partial charge in [-0.3, -0.25) is 15.1 Å². The molecule has 3 rings (SSSR count). The lowest BCUT2D eigenvalue weighted by atomic mass is 10.1. The largest absolute Gasteiger partial charge is 0.493 e. The Morgan fingerprint density at radius 1 is 0.969 bits per heavy atom. The Bertz CT molecular complexity index is 1080. The van der Waals surface area contributed by atoms with Crippen LogP contribution in [-0.4, -0.2) is 38.2 Å². The van der Waals surface area contributed by atoms with E-state index in [1.165, 1.54) is 21.3 Å². The van der Waals surface area contributed by atoms with Crippen LogP contribution in [0.25, 0.3) is 0 Å². The number of ether oxygens (including phenoxy) is 3. The number of hydrogen-bond donors (Lipinski definition) is 2. The van der Waals surface area contributed by atoms with Crippen molar-refractivity contribution < 1.29 is 19.0 Å². The van der Waals surface area contributed by atoms with E-state index in [9.17, 15) is 4.79 Å². The third-order valence-electron chi connectivity index (χ3n) is 4.68. The standard InChI is InChI=1S/C24H26N4O4/c1-16-9-5-6-11-19(16)27-24(26-15-18-10-7-8-12-25-18)28-23(29)17-13-20(30-2)22(32-4)21(14-17)31-3/h5-14H,15H2,1-4H3,(H2,26,27,28,29). The number of rotatable bonds is 7. The van der Waals surface area contributed by atoms with Crippen LogP contribution in [0.1, 0.15) is 21.6 Å². The van der Waals surface area contributed by atoms with Crippen molar-refractivity contribution in [2.24, 2.45) is 4.99 Å². The number of carbonyl (C=O) groups is 1. The molecule has 8 heteroatoms. The Kier molecular flexibility index (Phi) is 7.64. The van der Waals surface area contributed by atoms with Gasteiger partial charge in [0, 0.05) is 17.4 Å². The van der Waals surface area contributed by atoms with Crippen LogP contribution in [0.3, 0.4) is 0 Å². The van der Waals surface area contributed by atoms with Crippen molar-refractivity contribution in [3.05, 3.63) is 77.6 Å². The van der Waals surface area contributed by atoms with E-state index >= 15 is 0 Å². The number of aromatic nitrogens is 1. The van der Waals surface area contributed by atoms with Crippen LogP contribution in [0.4, 0.5) is 5.69 Å². The molecule has 1 heterocycles. The average molecular weight is 434 g/mol. The van der Waals surface area contributed by atoms with Crippen molar-refractivity contribution in [1.82, 2.24) is 10.3 Å². The zero-order valence-electron chi connectivity index (χ0n) is 18.5. The summed E-state index contributed by atoms with van der Waals surface area (Å²) in [5.74, 6) is 1.09. The minimum absolute atomic E-state index is 0.295. The van der Waals surface area contributed by atoms with Crippen LogP contribution < -0.4 is 24.8 Å². The molecule has 0 aliphatic carbocycles. The molecule has 32 heavy (non-hydrogen) atoms. The van der Waals surface area contributed by atoms with Gasteiger partial charge in [-0.15, -0.1) is 0 Å². The summed E-state index contributed by atoms with van der Waals surface area (Å²) >= 11 is 0. The van der Waals surface area contributed by atoms with E-state index in [4.69, 9.17) is 14.2 Å². The molecule has 8 nitrogen and oxygen atoms in total. The highest BCUT2D eigenvalue weighted by Gasteiger charge is 2.18. The van der Waals surface area contributed by atoms with Gasteiger partial charge in [-0.2, -0.15) is 0 Å². The van der Waals surface area contributed by atoms with Gasteiger partial charge in [0.05, 0.1) is 33.6 Å². The molecule has 0 unspecified atom stereocenters. The number of carbonyl (C=O) groups excluding carboxylic acids is 1. The lowest BCUT2D eigenvalue weighted by Crippen LogP contribution is -2.36. The Labute approximate surface area is 187 Å². The fraction of sp³-hybridized carbons (Fsp3) is 0.208. The van der Waals surface area contributed by atoms with Crippen molar-refractivity contribution in [3.8, 4) is 17.2 Å². The van der Waals surface area contributed by atoms with Gasteiger partial charge < -0.3 is 19.5 Å². The molecular formula is C24H26N4O4. The monoisotopic (exact) mass is 434 g/mol. The Balaban J connectivity index is 1.90. The van der Waals surface area contributed by atoms with Crippen LogP contribution in [0, 0.1) is 6.92 Å². The van der Waals surface area contributed by atoms with Crippen LogP contribution >= 0.6 is 0 Å². The summed E-state index contributed by atoms with van der Waals surface area (Å²) < 4.78 is 16.0. The summed E-state index contributed by atoms with van der Waals surface area (Å²) in [6.07, 6.45) is 1.70. The number of aryl methyl sites for hydroxylation is 1. The highest BCUT2D eigenvalue weighted by Crippen LogP contribution is 2.38. The van der Waals surface area contributed by atoms with Crippen molar-refractivity contribution in [2.45, 2.75) is 13.5 Å². The number of para-hydroxylation sites is 1. The van der Waals surface area contributed by atoms with Gasteiger partial charge in [0.15, 0.2) is 11.5 Å². The van der Waals surface area contributed by atoms with Gasteiger partial charge in [-0.25, -0.2) is 4.99 Å². The molecule has 166 valence electrons. The lowest BCUT2D eigenvalue weighted by molar-refractivity contribution is 0.0976. The first kappa shape index (κ1) is 22.6. The van der Waals surface area contributed by atoms with E-state index in [1.807, 2.05) is 49.4 Å². The fourth-order valence-corrected chi connectivity index (χ4v) is 2.99. The number of aliphatic imine (C=N–C) groups is 1. The molecule has 0 fully saturated rings. The molecule has 0 saturated carbocycles. The van der Waals surface area contributed by atoms with Gasteiger partial charge in [0.1, 0.15) is 0 Å². The van der Waals surface area contributed by atoms with Gasteiger partial charge >= 0.3 is 0 Å². The second-order valence-electron chi connectivity index (χ2n) is 6.79. The molecule has 0 aliphatic heterocycles. The minimum atomic E-state index is -0.384. The van der Waals surface area contributed by atoms with Gasteiger partial charge in [-0.1, -0.05) is 24.3 Å². The number of hydrogen-bond acceptors (Lipinski definition) is 6. The first-order chi connectivity index (χ1) is 15.5. The third kappa shape index (κ3) is 5.54. The van der Waals surface area contributed by atoms with Crippen LogP contribution in [-0.2, 0) is 6.54 Å². The van der Waals surface area contributed by atoms with E-state index in [-0.39, 0.29) is 5.91 Å². The second kappa shape index (κ2) is 10.8. The maximum absolute atomic E-state index is 13.1. The van der Waals surface area contributed by atoms with Gasteiger partial charge in [0.25, 0.3) is 5.91 Å². The summed E-state index contributed by atoms with van der Waals surface area (Å²) in [5.41, 5.74) is 2.95. The van der Waals surface area contributed by atoms with E-state index in [2.05, 4.69) is 20.6 Å². The molecule has 0 saturated heterocycles. The molecule has 3 aromatic rings. The van der Waals surface area contributed by atoms with E-state index in [0.717, 1.165) is 16.9 Å². The number of anilines is 1. The Hall–Kier alpha value is -4.07. The maximum Gasteiger partial charge on any atom is 0.258 e. The molecule has 2 aromatic carbocycles. The van der Waals surface area contributed by atoms with E-state index in [0.29, 0.717) is 35.3 Å². The van der Waals surface area contributed by atoms with Crippen LogP contribution in [0.15, 0.2) is 65.8 Å². The zero-order chi connectivity index (χ0) is 22.9. The summed E-state index contributed by atoms with van der Waals surface area (Å²) in [6.45, 7) is 2.27. The Morgan fingerprint density at radius 2 is 1.66 bits per heavy atom. The number of nitrogens with one attached hydrogen (secondary N) is 2. The topological polar surface area (TPSA) is 94.1 Å². The Morgan fingerprint density at radius 3 is 2.25 bits per heavy atom. The summed E-state index contributed by atoms with van der Waals surface area (Å²) in [4.78, 5) is 21.9. The van der Waals surface area contributed by atoms with Crippen molar-refractivity contribution in [3.63, 3.8) is 0 Å². The predicted molar refractivity (Wildman–Crippen MR) is 124 cm³/mol. The quantitative estimate of drug-likeness (QED) is 0.434. The number of pyridine rings is 1. The molecule has 0 spiro atoms. The summed E-state index contributed by atoms with van der Waals surface area (Å²) in [7, 11) is 4.51. The second-order valence-corrected chi connectivity index (χ2v) is 6.79. The summed E-state index contributed by atoms with van der Waals surface area (Å²) in [6, 6.07) is 16.5. The smallest absolute Gasteiger partial charge is 0.258 e. The highest BCUT2D eigenvalue weighted by molar-refractivity contribution is 6.10. The molecule has 0 radical (unpaired) electrons. The first-order valence-corrected chi connectivity index (χ1v) is 9.94. The normalized spacial score (nSPS) is 10.9. The van der Waals surface area contributed by atoms with E-state index in [1.54, 1.807) is 18.3 Å². The number of benzene rings is 2. The number of methoxy groups -OCH3 is 3. The van der Waals surface area contributed by atoms with E-state index < -0.39 is 0 Å². The molecule has 2 N–H and O–H groups in total. The van der Waals surface area contributed by atoms with Gasteiger partial charge in [-0.05, 0) is 42.8 Å². The fourth-order valence-electron chi connectivity index (χ4n) is 2.99. The molecule has 0 bridgehead atoms. The van der Waals surface area contributed by atoms with Crippen LogP contribution in [0.2, 0.25) is 0 Å². The minimum Gasteiger partial charge on any atom is -0.493 e. The lowest BCUT2D eigenvalue weighted by Gasteiger charge is -2.16. The molecule has 0 atom stereocenters. The average Bonchev–Trinajstić information content (AvgIpc) is 2.83. The SMILES string of the molecule is COc1cc(C(=O)NC(=NCc2ccccn2)Nc2ccccc2C)cc(OC)c1OC. The molecule has 0 aliphatic rings. The molecule has 1 amide bonds. The number of amides is 1. The summed E-state index contributed by atoms with van der Waals surface area (Å²) in [5, 5.41) is 6.04. The molecule has 1 aromatic heterocycles. The first-order valence-electron chi connectivity index (χ1n) is 9.94. The zero-order valence-corrected chi connectivity index (χ0v) is 18.5. The van der Waals surface area contributed by atoms with Gasteiger partial charge in [0.2, 0.25) is 11.7 Å². The molecular weight excluding hydrogens is 408 g/mol.